The number of nitrogens with zero attached hydrogens (tertiary/aromatic N) is 3. The van der Waals surface area contributed by atoms with Gasteiger partial charge in [-0.2, -0.15) is 0 Å². The number of likely N-dealkylation sites (tertiary alicyclic amines) is 1. The molecule has 0 spiro atoms. The molecule has 1 aliphatic heterocycles. The first kappa shape index (κ1) is 21.4. The van der Waals surface area contributed by atoms with Gasteiger partial charge in [-0.3, -0.25) is 9.69 Å². The predicted molar refractivity (Wildman–Crippen MR) is 121 cm³/mol. The van der Waals surface area contributed by atoms with Gasteiger partial charge < -0.3 is 14.6 Å². The fraction of sp³-hybridized carbons (Fsp3) is 0.333. The van der Waals surface area contributed by atoms with Crippen LogP contribution in [0, 0.1) is 0 Å². The molecule has 2 aromatic carbocycles. The topological polar surface area (TPSA) is 61.5 Å². The molecule has 0 unspecified atom stereocenters. The molecule has 1 fully saturated rings. The molecule has 1 saturated heterocycles. The number of imidazole rings is 1. The Morgan fingerprint density at radius 2 is 2.00 bits per heavy atom. The first-order chi connectivity index (χ1) is 15.1. The maximum atomic E-state index is 12.7. The van der Waals surface area contributed by atoms with Gasteiger partial charge >= 0.3 is 0 Å². The zero-order chi connectivity index (χ0) is 21.6. The Kier molecular flexibility index (Phi) is 6.89. The van der Waals surface area contributed by atoms with E-state index in [1.54, 1.807) is 18.3 Å². The molecule has 4 rings (SSSR count). The van der Waals surface area contributed by atoms with Crippen molar-refractivity contribution in [1.29, 1.82) is 0 Å². The number of hydrogen-bond acceptors (Lipinski definition) is 4. The number of amides is 1. The highest BCUT2D eigenvalue weighted by Gasteiger charge is 2.25. The summed E-state index contributed by atoms with van der Waals surface area (Å²) in [6, 6.07) is 15.4. The summed E-state index contributed by atoms with van der Waals surface area (Å²) in [5.74, 6) is 1.86. The lowest BCUT2D eigenvalue weighted by molar-refractivity contribution is 0.0595. The molecule has 0 saturated carbocycles. The lowest BCUT2D eigenvalue weighted by Gasteiger charge is -2.32. The number of carbonyl (C=O) groups is 1. The monoisotopic (exact) mass is 438 g/mol. The molecule has 7 heteroatoms. The second-order valence-corrected chi connectivity index (χ2v) is 8.41. The summed E-state index contributed by atoms with van der Waals surface area (Å²) in [6.07, 6.45) is 5.35. The Morgan fingerprint density at radius 1 is 1.19 bits per heavy atom. The summed E-state index contributed by atoms with van der Waals surface area (Å²) in [6.45, 7) is 2.94. The van der Waals surface area contributed by atoms with E-state index >= 15 is 0 Å². The van der Waals surface area contributed by atoms with Crippen molar-refractivity contribution in [3.63, 3.8) is 0 Å². The highest BCUT2D eigenvalue weighted by atomic mass is 35.5. The van der Waals surface area contributed by atoms with E-state index in [2.05, 4.69) is 34.0 Å². The first-order valence-corrected chi connectivity index (χ1v) is 10.9. The SMILES string of the molecule is CN(Cc1cccc(OC2CCN(C(=O)c3cccc(Cl)c3)CC2)c1)Cc1ncc[nH]1. The number of aromatic nitrogens is 2. The highest BCUT2D eigenvalue weighted by Crippen LogP contribution is 2.22. The Morgan fingerprint density at radius 3 is 2.74 bits per heavy atom. The molecule has 0 radical (unpaired) electrons. The number of piperidine rings is 1. The molecule has 31 heavy (non-hydrogen) atoms. The molecule has 162 valence electrons. The minimum atomic E-state index is 0.0301. The minimum absolute atomic E-state index is 0.0301. The van der Waals surface area contributed by atoms with Crippen LogP contribution in [0.2, 0.25) is 5.02 Å². The van der Waals surface area contributed by atoms with Crippen LogP contribution in [0.1, 0.15) is 34.6 Å². The molecule has 6 nitrogen and oxygen atoms in total. The largest absolute Gasteiger partial charge is 0.490 e. The maximum absolute atomic E-state index is 12.7. The van der Waals surface area contributed by atoms with E-state index in [4.69, 9.17) is 16.3 Å². The average Bonchev–Trinajstić information content (AvgIpc) is 3.27. The van der Waals surface area contributed by atoms with Gasteiger partial charge in [-0.05, 0) is 42.9 Å². The van der Waals surface area contributed by atoms with Crippen LogP contribution >= 0.6 is 11.6 Å². The molecule has 0 bridgehead atoms. The van der Waals surface area contributed by atoms with Gasteiger partial charge in [0.05, 0.1) is 6.54 Å². The van der Waals surface area contributed by atoms with Crippen LogP contribution < -0.4 is 4.74 Å². The number of hydrogen-bond donors (Lipinski definition) is 1. The molecule has 0 atom stereocenters. The van der Waals surface area contributed by atoms with Gasteiger partial charge in [-0.15, -0.1) is 0 Å². The summed E-state index contributed by atoms with van der Waals surface area (Å²) in [5, 5.41) is 0.582. The highest BCUT2D eigenvalue weighted by molar-refractivity contribution is 6.30. The minimum Gasteiger partial charge on any atom is -0.490 e. The van der Waals surface area contributed by atoms with E-state index in [9.17, 15) is 4.79 Å². The number of benzene rings is 2. The number of nitrogens with one attached hydrogen (secondary N) is 1. The maximum Gasteiger partial charge on any atom is 0.253 e. The van der Waals surface area contributed by atoms with Gasteiger partial charge in [0.1, 0.15) is 17.7 Å². The molecule has 1 amide bonds. The Labute approximate surface area is 187 Å². The number of halogens is 1. The number of H-pyrrole nitrogens is 1. The van der Waals surface area contributed by atoms with Crippen LogP contribution in [-0.4, -0.2) is 51.9 Å². The van der Waals surface area contributed by atoms with Crippen LogP contribution in [0.3, 0.4) is 0 Å². The molecule has 1 aliphatic rings. The average molecular weight is 439 g/mol. The van der Waals surface area contributed by atoms with E-state index in [1.165, 1.54) is 5.56 Å². The van der Waals surface area contributed by atoms with Gasteiger partial charge in [0.2, 0.25) is 0 Å². The van der Waals surface area contributed by atoms with Crippen LogP contribution in [0.4, 0.5) is 0 Å². The first-order valence-electron chi connectivity index (χ1n) is 10.5. The van der Waals surface area contributed by atoms with E-state index in [1.807, 2.05) is 35.4 Å². The number of rotatable bonds is 7. The third-order valence-corrected chi connectivity index (χ3v) is 5.66. The van der Waals surface area contributed by atoms with E-state index < -0.39 is 0 Å². The third kappa shape index (κ3) is 5.87. The zero-order valence-electron chi connectivity index (χ0n) is 17.6. The van der Waals surface area contributed by atoms with E-state index in [-0.39, 0.29) is 12.0 Å². The Bertz CT molecular complexity index is 1000. The van der Waals surface area contributed by atoms with E-state index in [0.29, 0.717) is 23.7 Å². The van der Waals surface area contributed by atoms with Crippen LogP contribution in [0.5, 0.6) is 5.75 Å². The lowest BCUT2D eigenvalue weighted by atomic mass is 10.1. The second kappa shape index (κ2) is 9.98. The van der Waals surface area contributed by atoms with Crippen molar-refractivity contribution < 1.29 is 9.53 Å². The molecule has 3 aromatic rings. The van der Waals surface area contributed by atoms with Crippen molar-refractivity contribution in [2.24, 2.45) is 0 Å². The summed E-state index contributed by atoms with van der Waals surface area (Å²) in [5.41, 5.74) is 1.83. The number of aromatic amines is 1. The van der Waals surface area contributed by atoms with Crippen LogP contribution in [-0.2, 0) is 13.1 Å². The zero-order valence-corrected chi connectivity index (χ0v) is 18.4. The fourth-order valence-corrected chi connectivity index (χ4v) is 4.09. The fourth-order valence-electron chi connectivity index (χ4n) is 3.90. The quantitative estimate of drug-likeness (QED) is 0.594. The summed E-state index contributed by atoms with van der Waals surface area (Å²) >= 11 is 6.02. The van der Waals surface area contributed by atoms with Gasteiger partial charge in [0.15, 0.2) is 0 Å². The lowest BCUT2D eigenvalue weighted by Crippen LogP contribution is -2.41. The Hall–Kier alpha value is -2.83. The number of ether oxygens (including phenoxy) is 1. The van der Waals surface area contributed by atoms with Gasteiger partial charge in [-0.1, -0.05) is 29.8 Å². The Balaban J connectivity index is 1.28. The van der Waals surface area contributed by atoms with Crippen molar-refractivity contribution >= 4 is 17.5 Å². The molecular formula is C24H27ClN4O2. The third-order valence-electron chi connectivity index (χ3n) is 5.43. The molecule has 1 aromatic heterocycles. The normalized spacial score (nSPS) is 14.7. The second-order valence-electron chi connectivity index (χ2n) is 7.98. The van der Waals surface area contributed by atoms with Crippen molar-refractivity contribution in [1.82, 2.24) is 19.8 Å². The summed E-state index contributed by atoms with van der Waals surface area (Å²) < 4.78 is 6.24. The van der Waals surface area contributed by atoms with Crippen LogP contribution in [0.15, 0.2) is 60.9 Å². The standard InChI is InChI=1S/C24H27ClN4O2/c1-28(17-23-26-10-11-27-23)16-18-4-2-7-22(14-18)31-21-8-12-29(13-9-21)24(30)19-5-3-6-20(25)15-19/h2-7,10-11,14-15,21H,8-9,12-13,16-17H2,1H3,(H,26,27). The predicted octanol–water partition coefficient (Wildman–Crippen LogP) is 4.38. The van der Waals surface area contributed by atoms with Crippen molar-refractivity contribution in [3.8, 4) is 5.75 Å². The van der Waals surface area contributed by atoms with Gasteiger partial charge in [0, 0.05) is 55.5 Å². The molecule has 2 heterocycles. The summed E-state index contributed by atoms with van der Waals surface area (Å²) in [7, 11) is 2.07. The molecule has 0 aliphatic carbocycles. The number of carbonyl (C=O) groups excluding carboxylic acids is 1. The van der Waals surface area contributed by atoms with E-state index in [0.717, 1.165) is 37.5 Å². The van der Waals surface area contributed by atoms with Gasteiger partial charge in [-0.25, -0.2) is 4.98 Å². The summed E-state index contributed by atoms with van der Waals surface area (Å²) in [4.78, 5) is 24.2. The van der Waals surface area contributed by atoms with Crippen LogP contribution in [0.25, 0.3) is 0 Å². The van der Waals surface area contributed by atoms with Crippen molar-refractivity contribution in [2.45, 2.75) is 32.0 Å². The van der Waals surface area contributed by atoms with Crippen molar-refractivity contribution in [3.05, 3.63) is 82.9 Å². The van der Waals surface area contributed by atoms with Gasteiger partial charge in [0.25, 0.3) is 5.91 Å². The smallest absolute Gasteiger partial charge is 0.253 e. The van der Waals surface area contributed by atoms with Crippen molar-refractivity contribution in [2.75, 3.05) is 20.1 Å². The molecular weight excluding hydrogens is 412 g/mol. The molecule has 1 N–H and O–H groups in total.